The average molecular weight is 397 g/mol. The molecular weight excluding hydrogens is 372 g/mol. The molecule has 0 bridgehead atoms. The highest BCUT2D eigenvalue weighted by Gasteiger charge is 2.25. The summed E-state index contributed by atoms with van der Waals surface area (Å²) in [6, 6.07) is 12.9. The Morgan fingerprint density at radius 1 is 0.840 bits per heavy atom. The zero-order chi connectivity index (χ0) is 17.1. The predicted octanol–water partition coefficient (Wildman–Crippen LogP) is 6.91. The van der Waals surface area contributed by atoms with E-state index in [0.717, 1.165) is 10.3 Å². The summed E-state index contributed by atoms with van der Waals surface area (Å²) in [4.78, 5) is 9.51. The smallest absolute Gasteiger partial charge is 0.106 e. The van der Waals surface area contributed by atoms with Crippen LogP contribution in [0.1, 0.15) is 80.0 Å². The summed E-state index contributed by atoms with van der Waals surface area (Å²) in [5, 5.41) is 0. The van der Waals surface area contributed by atoms with Gasteiger partial charge in [0.2, 0.25) is 0 Å². The predicted molar refractivity (Wildman–Crippen MR) is 108 cm³/mol. The van der Waals surface area contributed by atoms with Crippen molar-refractivity contribution >= 4 is 27.8 Å². The van der Waals surface area contributed by atoms with Gasteiger partial charge >= 0.3 is 0 Å². The maximum Gasteiger partial charge on any atom is 0.106 e. The van der Waals surface area contributed by atoms with Gasteiger partial charge in [-0.05, 0) is 76.7 Å². The van der Waals surface area contributed by atoms with Crippen LogP contribution in [-0.4, -0.2) is 11.2 Å². The number of aromatic nitrogens is 1. The molecule has 0 unspecified atom stereocenters. The van der Waals surface area contributed by atoms with Crippen molar-refractivity contribution < 1.29 is 0 Å². The average Bonchev–Trinajstić information content (AvgIpc) is 3.33. The summed E-state index contributed by atoms with van der Waals surface area (Å²) >= 11 is 3.45. The molecule has 2 nitrogen and oxygen atoms in total. The molecule has 0 atom stereocenters. The first kappa shape index (κ1) is 17.0. The van der Waals surface area contributed by atoms with Crippen molar-refractivity contribution in [2.75, 3.05) is 0 Å². The largest absolute Gasteiger partial charge is 0.254 e. The molecule has 2 saturated carbocycles. The van der Waals surface area contributed by atoms with E-state index in [1.54, 1.807) is 0 Å². The van der Waals surface area contributed by atoms with Crippen molar-refractivity contribution in [2.45, 2.75) is 63.2 Å². The van der Waals surface area contributed by atoms with Crippen molar-refractivity contribution in [2.24, 2.45) is 4.99 Å². The van der Waals surface area contributed by atoms with E-state index >= 15 is 0 Å². The van der Waals surface area contributed by atoms with Crippen molar-refractivity contribution in [3.05, 3.63) is 57.8 Å². The maximum absolute atomic E-state index is 5.00. The van der Waals surface area contributed by atoms with Gasteiger partial charge in [-0.15, -0.1) is 0 Å². The second-order valence-corrected chi connectivity index (χ2v) is 8.20. The molecule has 1 aromatic carbocycles. The third-order valence-electron chi connectivity index (χ3n) is 5.75. The van der Waals surface area contributed by atoms with E-state index in [2.05, 4.69) is 39.1 Å². The van der Waals surface area contributed by atoms with E-state index in [-0.39, 0.29) is 0 Å². The molecule has 130 valence electrons. The molecule has 2 aliphatic carbocycles. The second-order valence-electron chi connectivity index (χ2n) is 7.39. The monoisotopic (exact) mass is 396 g/mol. The Hall–Kier alpha value is -1.48. The van der Waals surface area contributed by atoms with Gasteiger partial charge in [0.25, 0.3) is 0 Å². The van der Waals surface area contributed by atoms with E-state index in [9.17, 15) is 0 Å². The summed E-state index contributed by atoms with van der Waals surface area (Å²) in [6.45, 7) is 0. The fourth-order valence-electron chi connectivity index (χ4n) is 4.49. The molecule has 2 fully saturated rings. The molecule has 2 aliphatic rings. The molecule has 3 heteroatoms. The van der Waals surface area contributed by atoms with Crippen LogP contribution >= 0.6 is 15.9 Å². The molecule has 0 radical (unpaired) electrons. The number of aliphatic imine (C=N–C) groups is 1. The fourth-order valence-corrected chi connectivity index (χ4v) is 4.85. The summed E-state index contributed by atoms with van der Waals surface area (Å²) in [5.74, 6) is 1.37. The van der Waals surface area contributed by atoms with Crippen LogP contribution in [0.5, 0.6) is 0 Å². The van der Waals surface area contributed by atoms with Gasteiger partial charge in [-0.2, -0.15) is 0 Å². The minimum atomic E-state index is 0.684. The molecule has 0 spiro atoms. The Morgan fingerprint density at radius 3 is 1.96 bits per heavy atom. The van der Waals surface area contributed by atoms with Crippen molar-refractivity contribution in [1.29, 1.82) is 0 Å². The van der Waals surface area contributed by atoms with Gasteiger partial charge in [0, 0.05) is 0 Å². The Morgan fingerprint density at radius 2 is 1.40 bits per heavy atom. The molecule has 0 saturated heterocycles. The third-order valence-corrected chi connectivity index (χ3v) is 6.19. The zero-order valence-electron chi connectivity index (χ0n) is 14.6. The SMILES string of the molecule is Brc1cccc(C=Nc2c(C3CCCC3)cccc2C2CCCC2)n1. The van der Waals surface area contributed by atoms with E-state index in [4.69, 9.17) is 4.99 Å². The molecule has 0 N–H and O–H groups in total. The Labute approximate surface area is 158 Å². The van der Waals surface area contributed by atoms with E-state index in [1.165, 1.54) is 68.2 Å². The minimum Gasteiger partial charge on any atom is -0.254 e. The van der Waals surface area contributed by atoms with Crippen molar-refractivity contribution in [3.63, 3.8) is 0 Å². The Kier molecular flexibility index (Phi) is 5.30. The summed E-state index contributed by atoms with van der Waals surface area (Å²) in [5.41, 5.74) is 5.08. The topological polar surface area (TPSA) is 25.2 Å². The van der Waals surface area contributed by atoms with Crippen LogP contribution in [0, 0.1) is 0 Å². The van der Waals surface area contributed by atoms with Gasteiger partial charge in [0.15, 0.2) is 0 Å². The molecule has 0 amide bonds. The number of halogens is 1. The van der Waals surface area contributed by atoms with E-state index in [0.29, 0.717) is 11.8 Å². The van der Waals surface area contributed by atoms with Crippen LogP contribution in [0.2, 0.25) is 0 Å². The van der Waals surface area contributed by atoms with Gasteiger partial charge in [0.1, 0.15) is 4.60 Å². The molecule has 4 rings (SSSR count). The van der Waals surface area contributed by atoms with Crippen LogP contribution < -0.4 is 0 Å². The van der Waals surface area contributed by atoms with Gasteiger partial charge in [-0.3, -0.25) is 4.99 Å². The number of benzene rings is 1. The highest BCUT2D eigenvalue weighted by Crippen LogP contribution is 2.45. The second kappa shape index (κ2) is 7.82. The number of hydrogen-bond acceptors (Lipinski definition) is 2. The van der Waals surface area contributed by atoms with Gasteiger partial charge in [0.05, 0.1) is 17.6 Å². The van der Waals surface area contributed by atoms with Crippen molar-refractivity contribution in [1.82, 2.24) is 4.98 Å². The standard InChI is InChI=1S/C22H25BrN2/c23-21-14-5-11-18(25-21)15-24-22-19(16-7-1-2-8-16)12-6-13-20(22)17-9-3-4-10-17/h5-6,11-17H,1-4,7-10H2. The molecule has 25 heavy (non-hydrogen) atoms. The number of hydrogen-bond donors (Lipinski definition) is 0. The molecule has 2 aromatic rings. The first-order valence-electron chi connectivity index (χ1n) is 9.61. The van der Waals surface area contributed by atoms with Gasteiger partial charge in [-0.1, -0.05) is 49.9 Å². The lowest BCUT2D eigenvalue weighted by Gasteiger charge is -2.19. The first-order chi connectivity index (χ1) is 12.3. The van der Waals surface area contributed by atoms with Crippen LogP contribution in [-0.2, 0) is 0 Å². The van der Waals surface area contributed by atoms with E-state index < -0.39 is 0 Å². The summed E-state index contributed by atoms with van der Waals surface area (Å²) in [7, 11) is 0. The molecule has 1 aromatic heterocycles. The normalized spacial score (nSPS) is 19.2. The van der Waals surface area contributed by atoms with Crippen LogP contribution in [0.4, 0.5) is 5.69 Å². The number of nitrogens with zero attached hydrogens (tertiary/aromatic N) is 2. The fraction of sp³-hybridized carbons (Fsp3) is 0.455. The third kappa shape index (κ3) is 3.87. The minimum absolute atomic E-state index is 0.684. The summed E-state index contributed by atoms with van der Waals surface area (Å²) in [6.07, 6.45) is 12.6. The van der Waals surface area contributed by atoms with Crippen LogP contribution in [0.3, 0.4) is 0 Å². The quantitative estimate of drug-likeness (QED) is 0.406. The number of para-hydroxylation sites is 1. The first-order valence-corrected chi connectivity index (χ1v) is 10.4. The summed E-state index contributed by atoms with van der Waals surface area (Å²) < 4.78 is 0.858. The van der Waals surface area contributed by atoms with Crippen LogP contribution in [0.25, 0.3) is 0 Å². The zero-order valence-corrected chi connectivity index (χ0v) is 16.2. The molecule has 0 aliphatic heterocycles. The lowest BCUT2D eigenvalue weighted by molar-refractivity contribution is 0.702. The van der Waals surface area contributed by atoms with Gasteiger partial charge in [-0.25, -0.2) is 4.98 Å². The van der Waals surface area contributed by atoms with E-state index in [1.807, 2.05) is 24.4 Å². The lowest BCUT2D eigenvalue weighted by Crippen LogP contribution is -2.00. The highest BCUT2D eigenvalue weighted by atomic mass is 79.9. The number of rotatable bonds is 4. The van der Waals surface area contributed by atoms with Crippen LogP contribution in [0.15, 0.2) is 46.0 Å². The lowest BCUT2D eigenvalue weighted by atomic mass is 9.88. The highest BCUT2D eigenvalue weighted by molar-refractivity contribution is 9.10. The molecule has 1 heterocycles. The maximum atomic E-state index is 5.00. The van der Waals surface area contributed by atoms with Crippen molar-refractivity contribution in [3.8, 4) is 0 Å². The Balaban J connectivity index is 1.73. The molecular formula is C22H25BrN2. The Bertz CT molecular complexity index is 722. The van der Waals surface area contributed by atoms with Gasteiger partial charge < -0.3 is 0 Å². The number of pyridine rings is 1.